The van der Waals surface area contributed by atoms with Crippen LogP contribution in [0.3, 0.4) is 0 Å². The van der Waals surface area contributed by atoms with Crippen molar-refractivity contribution in [1.82, 2.24) is 5.32 Å². The Balaban J connectivity index is 1.63. The number of fused-ring (bicyclic) bond motifs is 1. The number of nitrogens with one attached hydrogen (secondary N) is 1. The minimum Gasteiger partial charge on any atom is -0.392 e. The minimum atomic E-state index is -0.122. The molecule has 1 aromatic carbocycles. The molecule has 2 aliphatic rings. The van der Waals surface area contributed by atoms with Gasteiger partial charge in [0.25, 0.3) is 0 Å². The van der Waals surface area contributed by atoms with E-state index in [0.717, 1.165) is 25.7 Å². The first-order valence-electron chi connectivity index (χ1n) is 6.34. The highest BCUT2D eigenvalue weighted by molar-refractivity contribution is 5.33. The fraction of sp³-hybridized carbons (Fsp3) is 0.571. The Bertz CT molecular complexity index is 352. The summed E-state index contributed by atoms with van der Waals surface area (Å²) in [5.41, 5.74) is 2.96. The first kappa shape index (κ1) is 10.3. The van der Waals surface area contributed by atoms with Crippen LogP contribution in [0.25, 0.3) is 0 Å². The van der Waals surface area contributed by atoms with Crippen molar-refractivity contribution in [2.24, 2.45) is 0 Å². The van der Waals surface area contributed by atoms with Crippen LogP contribution in [0.5, 0.6) is 0 Å². The lowest BCUT2D eigenvalue weighted by Gasteiger charge is -2.21. The van der Waals surface area contributed by atoms with Gasteiger partial charge in [0, 0.05) is 12.1 Å². The summed E-state index contributed by atoms with van der Waals surface area (Å²) in [7, 11) is 0. The summed E-state index contributed by atoms with van der Waals surface area (Å²) in [6.07, 6.45) is 5.39. The Hall–Kier alpha value is -0.860. The third kappa shape index (κ3) is 1.87. The molecule has 2 atom stereocenters. The molecule has 1 aromatic rings. The number of aliphatic hydroxyl groups excluding tert-OH is 1. The van der Waals surface area contributed by atoms with E-state index >= 15 is 0 Å². The van der Waals surface area contributed by atoms with Crippen LogP contribution in [-0.4, -0.2) is 23.3 Å². The summed E-state index contributed by atoms with van der Waals surface area (Å²) < 4.78 is 0. The normalized spacial score (nSPS) is 29.6. The standard InChI is InChI=1S/C14H19NO/c16-14-7-3-6-13(14)15-12-8-10-4-1-2-5-11(10)9-12/h1-2,4-5,12-16H,3,6-9H2/t13-,14-/m0/s1. The third-order valence-electron chi connectivity index (χ3n) is 3.98. The zero-order valence-electron chi connectivity index (χ0n) is 9.52. The van der Waals surface area contributed by atoms with Gasteiger partial charge in [-0.05, 0) is 43.2 Å². The fourth-order valence-electron chi connectivity index (χ4n) is 3.11. The average molecular weight is 217 g/mol. The molecule has 1 saturated carbocycles. The third-order valence-corrected chi connectivity index (χ3v) is 3.98. The second-order valence-corrected chi connectivity index (χ2v) is 5.15. The summed E-state index contributed by atoms with van der Waals surface area (Å²) in [5, 5.41) is 13.4. The maximum atomic E-state index is 9.80. The quantitative estimate of drug-likeness (QED) is 0.789. The van der Waals surface area contributed by atoms with Crippen molar-refractivity contribution in [3.8, 4) is 0 Å². The molecule has 0 aromatic heterocycles. The molecule has 2 aliphatic carbocycles. The predicted molar refractivity (Wildman–Crippen MR) is 64.4 cm³/mol. The molecule has 0 spiro atoms. The molecular weight excluding hydrogens is 198 g/mol. The first-order chi connectivity index (χ1) is 7.83. The van der Waals surface area contributed by atoms with Crippen LogP contribution >= 0.6 is 0 Å². The van der Waals surface area contributed by atoms with Crippen molar-refractivity contribution in [2.75, 3.05) is 0 Å². The van der Waals surface area contributed by atoms with Crippen LogP contribution in [0.2, 0.25) is 0 Å². The van der Waals surface area contributed by atoms with Gasteiger partial charge in [0.1, 0.15) is 0 Å². The Labute approximate surface area is 96.7 Å². The Morgan fingerprint density at radius 2 is 1.75 bits per heavy atom. The maximum Gasteiger partial charge on any atom is 0.0693 e. The molecule has 2 nitrogen and oxygen atoms in total. The molecule has 0 heterocycles. The second-order valence-electron chi connectivity index (χ2n) is 5.15. The van der Waals surface area contributed by atoms with E-state index < -0.39 is 0 Å². The molecule has 1 fully saturated rings. The molecule has 3 rings (SSSR count). The average Bonchev–Trinajstić information content (AvgIpc) is 2.85. The molecule has 2 heteroatoms. The molecular formula is C14H19NO. The zero-order valence-corrected chi connectivity index (χ0v) is 9.52. The van der Waals surface area contributed by atoms with Crippen LogP contribution in [0.15, 0.2) is 24.3 Å². The highest BCUT2D eigenvalue weighted by Crippen LogP contribution is 2.25. The summed E-state index contributed by atoms with van der Waals surface area (Å²) in [6.45, 7) is 0. The second kappa shape index (κ2) is 4.19. The lowest BCUT2D eigenvalue weighted by Crippen LogP contribution is -2.43. The number of rotatable bonds is 2. The van der Waals surface area contributed by atoms with Crippen LogP contribution in [0.4, 0.5) is 0 Å². The molecule has 2 N–H and O–H groups in total. The van der Waals surface area contributed by atoms with Crippen LogP contribution in [0, 0.1) is 0 Å². The number of hydrogen-bond acceptors (Lipinski definition) is 2. The van der Waals surface area contributed by atoms with Crippen LogP contribution in [-0.2, 0) is 12.8 Å². The number of aliphatic hydroxyl groups is 1. The Kier molecular flexibility index (Phi) is 2.70. The van der Waals surface area contributed by atoms with Gasteiger partial charge >= 0.3 is 0 Å². The van der Waals surface area contributed by atoms with Crippen molar-refractivity contribution in [1.29, 1.82) is 0 Å². The number of benzene rings is 1. The van der Waals surface area contributed by atoms with E-state index in [4.69, 9.17) is 0 Å². The molecule has 0 unspecified atom stereocenters. The molecule has 0 bridgehead atoms. The smallest absolute Gasteiger partial charge is 0.0693 e. The first-order valence-corrected chi connectivity index (χ1v) is 6.34. The monoisotopic (exact) mass is 217 g/mol. The van der Waals surface area contributed by atoms with Crippen LogP contribution in [0.1, 0.15) is 30.4 Å². The molecule has 16 heavy (non-hydrogen) atoms. The lowest BCUT2D eigenvalue weighted by atomic mass is 10.1. The summed E-state index contributed by atoms with van der Waals surface area (Å²) in [4.78, 5) is 0. The van der Waals surface area contributed by atoms with Crippen molar-refractivity contribution in [3.63, 3.8) is 0 Å². The summed E-state index contributed by atoms with van der Waals surface area (Å²) in [5.74, 6) is 0. The molecule has 0 saturated heterocycles. The topological polar surface area (TPSA) is 32.3 Å². The van der Waals surface area contributed by atoms with Crippen molar-refractivity contribution in [3.05, 3.63) is 35.4 Å². The van der Waals surface area contributed by atoms with E-state index in [-0.39, 0.29) is 6.10 Å². The lowest BCUT2D eigenvalue weighted by molar-refractivity contribution is 0.143. The van der Waals surface area contributed by atoms with E-state index in [0.29, 0.717) is 12.1 Å². The zero-order chi connectivity index (χ0) is 11.0. The van der Waals surface area contributed by atoms with Crippen LogP contribution < -0.4 is 5.32 Å². The number of hydrogen-bond donors (Lipinski definition) is 2. The highest BCUT2D eigenvalue weighted by atomic mass is 16.3. The van der Waals surface area contributed by atoms with Crippen molar-refractivity contribution < 1.29 is 5.11 Å². The maximum absolute atomic E-state index is 9.80. The van der Waals surface area contributed by atoms with Gasteiger partial charge in [-0.2, -0.15) is 0 Å². The van der Waals surface area contributed by atoms with E-state index in [1.807, 2.05) is 0 Å². The molecule has 0 radical (unpaired) electrons. The van der Waals surface area contributed by atoms with Gasteiger partial charge < -0.3 is 10.4 Å². The van der Waals surface area contributed by atoms with Gasteiger partial charge in [0.05, 0.1) is 6.10 Å². The minimum absolute atomic E-state index is 0.122. The van der Waals surface area contributed by atoms with Gasteiger partial charge in [-0.3, -0.25) is 0 Å². The highest BCUT2D eigenvalue weighted by Gasteiger charge is 2.29. The van der Waals surface area contributed by atoms with Gasteiger partial charge in [-0.15, -0.1) is 0 Å². The van der Waals surface area contributed by atoms with E-state index in [1.54, 1.807) is 0 Å². The predicted octanol–water partition coefficient (Wildman–Crippen LogP) is 1.66. The van der Waals surface area contributed by atoms with Crippen molar-refractivity contribution in [2.45, 2.75) is 50.3 Å². The SMILES string of the molecule is O[C@H]1CCC[C@@H]1NC1Cc2ccccc2C1. The summed E-state index contributed by atoms with van der Waals surface area (Å²) >= 11 is 0. The van der Waals surface area contributed by atoms with Crippen molar-refractivity contribution >= 4 is 0 Å². The fourth-order valence-corrected chi connectivity index (χ4v) is 3.11. The van der Waals surface area contributed by atoms with Gasteiger partial charge in [-0.1, -0.05) is 24.3 Å². The van der Waals surface area contributed by atoms with E-state index in [1.165, 1.54) is 17.5 Å². The van der Waals surface area contributed by atoms with Gasteiger partial charge in [-0.25, -0.2) is 0 Å². The van der Waals surface area contributed by atoms with Gasteiger partial charge in [0.15, 0.2) is 0 Å². The molecule has 86 valence electrons. The Morgan fingerprint density at radius 1 is 1.06 bits per heavy atom. The molecule has 0 amide bonds. The summed E-state index contributed by atoms with van der Waals surface area (Å²) in [6, 6.07) is 9.55. The largest absolute Gasteiger partial charge is 0.392 e. The van der Waals surface area contributed by atoms with E-state index in [2.05, 4.69) is 29.6 Å². The van der Waals surface area contributed by atoms with E-state index in [9.17, 15) is 5.11 Å². The van der Waals surface area contributed by atoms with Gasteiger partial charge in [0.2, 0.25) is 0 Å². The molecule has 0 aliphatic heterocycles. The Morgan fingerprint density at radius 3 is 2.31 bits per heavy atom.